The van der Waals surface area contributed by atoms with Crippen LogP contribution >= 0.6 is 0 Å². The van der Waals surface area contributed by atoms with Gasteiger partial charge in [-0.2, -0.15) is 5.26 Å². The molecule has 1 aliphatic heterocycles. The predicted octanol–water partition coefficient (Wildman–Crippen LogP) is 3.71. The summed E-state index contributed by atoms with van der Waals surface area (Å²) in [5.41, 5.74) is 0.974. The highest BCUT2D eigenvalue weighted by Gasteiger charge is 2.46. The maximum absolute atomic E-state index is 12.5. The Morgan fingerprint density at radius 2 is 1.88 bits per heavy atom. The molecule has 1 heterocycles. The van der Waals surface area contributed by atoms with E-state index in [1.54, 1.807) is 12.0 Å². The van der Waals surface area contributed by atoms with E-state index in [1.165, 1.54) is 0 Å². The standard InChI is InChI=1S/C19H28N2O3Si/c1-19(2,3)25(5,6)24-17-11-18(22)21(16(17)12-20)13-14-7-9-15(23-4)10-8-14/h7-10,16-17H,11,13H2,1-6H3/t16-,17-/m0/s1. The third-order valence-electron chi connectivity index (χ3n) is 5.28. The van der Waals surface area contributed by atoms with Gasteiger partial charge in [0.1, 0.15) is 11.8 Å². The summed E-state index contributed by atoms with van der Waals surface area (Å²) in [6.07, 6.45) is -0.0717. The summed E-state index contributed by atoms with van der Waals surface area (Å²) >= 11 is 0. The van der Waals surface area contributed by atoms with Gasteiger partial charge in [-0.1, -0.05) is 32.9 Å². The molecule has 0 radical (unpaired) electrons. The predicted molar refractivity (Wildman–Crippen MR) is 99.6 cm³/mol. The lowest BCUT2D eigenvalue weighted by Crippen LogP contribution is -2.47. The van der Waals surface area contributed by atoms with Gasteiger partial charge in [0, 0.05) is 6.54 Å². The Hall–Kier alpha value is -1.84. The van der Waals surface area contributed by atoms with Crippen molar-refractivity contribution in [3.63, 3.8) is 0 Å². The highest BCUT2D eigenvalue weighted by atomic mass is 28.4. The number of hydrogen-bond acceptors (Lipinski definition) is 4. The van der Waals surface area contributed by atoms with Gasteiger partial charge in [-0.3, -0.25) is 4.79 Å². The number of carbonyl (C=O) groups is 1. The molecule has 136 valence electrons. The van der Waals surface area contributed by atoms with Crippen molar-refractivity contribution in [2.24, 2.45) is 0 Å². The van der Waals surface area contributed by atoms with Crippen molar-refractivity contribution in [1.29, 1.82) is 5.26 Å². The summed E-state index contributed by atoms with van der Waals surface area (Å²) in [5.74, 6) is 0.749. The maximum atomic E-state index is 12.5. The van der Waals surface area contributed by atoms with E-state index in [4.69, 9.17) is 9.16 Å². The van der Waals surface area contributed by atoms with Crippen molar-refractivity contribution in [2.75, 3.05) is 7.11 Å². The Kier molecular flexibility index (Phi) is 5.60. The van der Waals surface area contributed by atoms with Crippen LogP contribution in [0.4, 0.5) is 0 Å². The van der Waals surface area contributed by atoms with Crippen LogP contribution < -0.4 is 4.74 Å². The molecule has 5 nitrogen and oxygen atoms in total. The first-order valence-corrected chi connectivity index (χ1v) is 11.5. The van der Waals surface area contributed by atoms with E-state index in [0.29, 0.717) is 6.54 Å². The first-order valence-electron chi connectivity index (χ1n) is 8.59. The Balaban J connectivity index is 2.15. The van der Waals surface area contributed by atoms with Crippen LogP contribution in [0.15, 0.2) is 24.3 Å². The molecular formula is C19H28N2O3Si. The zero-order chi connectivity index (χ0) is 18.8. The van der Waals surface area contributed by atoms with E-state index in [-0.39, 0.29) is 23.5 Å². The van der Waals surface area contributed by atoms with E-state index < -0.39 is 14.4 Å². The number of rotatable bonds is 5. The topological polar surface area (TPSA) is 62.6 Å². The van der Waals surface area contributed by atoms with Crippen LogP contribution in [0.3, 0.4) is 0 Å². The molecule has 2 atom stereocenters. The summed E-state index contributed by atoms with van der Waals surface area (Å²) in [6.45, 7) is 11.2. The third kappa shape index (κ3) is 4.23. The lowest BCUT2D eigenvalue weighted by Gasteiger charge is -2.39. The van der Waals surface area contributed by atoms with Gasteiger partial charge in [0.2, 0.25) is 5.91 Å². The molecule has 0 spiro atoms. The van der Waals surface area contributed by atoms with E-state index in [2.05, 4.69) is 39.9 Å². The van der Waals surface area contributed by atoms with Gasteiger partial charge in [0.05, 0.1) is 25.7 Å². The summed E-state index contributed by atoms with van der Waals surface area (Å²) in [7, 11) is -0.420. The maximum Gasteiger partial charge on any atom is 0.226 e. The van der Waals surface area contributed by atoms with Crippen molar-refractivity contribution in [3.8, 4) is 11.8 Å². The number of carbonyl (C=O) groups excluding carboxylic acids is 1. The monoisotopic (exact) mass is 360 g/mol. The first kappa shape index (κ1) is 19.5. The van der Waals surface area contributed by atoms with Gasteiger partial charge in [-0.05, 0) is 35.8 Å². The number of hydrogen-bond donors (Lipinski definition) is 0. The SMILES string of the molecule is COc1ccc(CN2C(=O)C[C@H](O[Si](C)(C)C(C)(C)C)[C@@H]2C#N)cc1. The number of nitrogens with zero attached hydrogens (tertiary/aromatic N) is 2. The van der Waals surface area contributed by atoms with Crippen LogP contribution in [0.1, 0.15) is 32.8 Å². The first-order chi connectivity index (χ1) is 11.6. The molecule has 1 fully saturated rings. The minimum Gasteiger partial charge on any atom is -0.497 e. The van der Waals surface area contributed by atoms with Gasteiger partial charge in [-0.25, -0.2) is 0 Å². The molecule has 0 bridgehead atoms. The number of nitriles is 1. The zero-order valence-electron chi connectivity index (χ0n) is 16.0. The number of benzene rings is 1. The molecule has 1 aromatic rings. The van der Waals surface area contributed by atoms with Gasteiger partial charge in [0.15, 0.2) is 8.32 Å². The number of amides is 1. The Bertz CT molecular complexity index is 659. The van der Waals surface area contributed by atoms with Crippen LogP contribution in [0.2, 0.25) is 18.1 Å². The molecule has 25 heavy (non-hydrogen) atoms. The molecule has 1 aromatic carbocycles. The number of methoxy groups -OCH3 is 1. The lowest BCUT2D eigenvalue weighted by atomic mass is 10.1. The molecule has 2 rings (SSSR count). The molecular weight excluding hydrogens is 332 g/mol. The second-order valence-corrected chi connectivity index (χ2v) is 12.8. The van der Waals surface area contributed by atoms with Gasteiger partial charge >= 0.3 is 0 Å². The van der Waals surface area contributed by atoms with Crippen molar-refractivity contribution in [1.82, 2.24) is 4.90 Å². The lowest BCUT2D eigenvalue weighted by molar-refractivity contribution is -0.128. The Morgan fingerprint density at radius 3 is 2.36 bits per heavy atom. The molecule has 0 unspecified atom stereocenters. The third-order valence-corrected chi connectivity index (χ3v) is 9.78. The largest absolute Gasteiger partial charge is 0.497 e. The van der Waals surface area contributed by atoms with Gasteiger partial charge in [0.25, 0.3) is 0 Å². The average Bonchev–Trinajstić information content (AvgIpc) is 2.81. The van der Waals surface area contributed by atoms with Crippen molar-refractivity contribution in [3.05, 3.63) is 29.8 Å². The van der Waals surface area contributed by atoms with Crippen LogP contribution in [-0.4, -0.2) is 38.4 Å². The fourth-order valence-corrected chi connectivity index (χ4v) is 4.01. The fourth-order valence-electron chi connectivity index (χ4n) is 2.69. The van der Waals surface area contributed by atoms with Crippen molar-refractivity contribution < 1.29 is 14.0 Å². The Morgan fingerprint density at radius 1 is 1.28 bits per heavy atom. The molecule has 1 aliphatic rings. The molecule has 0 aromatic heterocycles. The molecule has 1 saturated heterocycles. The Labute approximate surface area is 151 Å². The smallest absolute Gasteiger partial charge is 0.226 e. The highest BCUT2D eigenvalue weighted by molar-refractivity contribution is 6.74. The minimum absolute atomic E-state index is 0.0222. The van der Waals surface area contributed by atoms with E-state index in [0.717, 1.165) is 11.3 Å². The summed E-state index contributed by atoms with van der Waals surface area (Å²) in [5, 5.41) is 9.70. The van der Waals surface area contributed by atoms with Crippen LogP contribution in [0, 0.1) is 11.3 Å². The summed E-state index contributed by atoms with van der Waals surface area (Å²) in [6, 6.07) is 9.31. The summed E-state index contributed by atoms with van der Waals surface area (Å²) < 4.78 is 11.5. The number of likely N-dealkylation sites (tertiary alicyclic amines) is 1. The van der Waals surface area contributed by atoms with E-state index in [1.807, 2.05) is 24.3 Å². The molecule has 0 N–H and O–H groups in total. The van der Waals surface area contributed by atoms with Crippen LogP contribution in [0.25, 0.3) is 0 Å². The second kappa shape index (κ2) is 7.18. The molecule has 0 aliphatic carbocycles. The van der Waals surface area contributed by atoms with Crippen LogP contribution in [-0.2, 0) is 15.8 Å². The van der Waals surface area contributed by atoms with E-state index >= 15 is 0 Å². The van der Waals surface area contributed by atoms with Gasteiger partial charge < -0.3 is 14.1 Å². The fraction of sp³-hybridized carbons (Fsp3) is 0.579. The molecule has 0 saturated carbocycles. The number of ether oxygens (including phenoxy) is 1. The molecule has 6 heteroatoms. The quantitative estimate of drug-likeness (QED) is 0.751. The average molecular weight is 361 g/mol. The zero-order valence-corrected chi connectivity index (χ0v) is 17.0. The van der Waals surface area contributed by atoms with Gasteiger partial charge in [-0.15, -0.1) is 0 Å². The minimum atomic E-state index is -2.04. The normalized spacial score (nSPS) is 21.3. The van der Waals surface area contributed by atoms with Crippen molar-refractivity contribution in [2.45, 2.75) is 64.0 Å². The molecule has 1 amide bonds. The second-order valence-electron chi connectivity index (χ2n) is 8.06. The van der Waals surface area contributed by atoms with Crippen molar-refractivity contribution >= 4 is 14.2 Å². The highest BCUT2D eigenvalue weighted by Crippen LogP contribution is 2.39. The summed E-state index contributed by atoms with van der Waals surface area (Å²) in [4.78, 5) is 14.1. The van der Waals surface area contributed by atoms with Crippen LogP contribution in [0.5, 0.6) is 5.75 Å². The van der Waals surface area contributed by atoms with E-state index in [9.17, 15) is 10.1 Å².